The van der Waals surface area contributed by atoms with Gasteiger partial charge < -0.3 is 5.32 Å². The topological polar surface area (TPSA) is 12.0 Å². The van der Waals surface area contributed by atoms with Gasteiger partial charge in [-0.25, -0.2) is 0 Å². The number of nitrogens with one attached hydrogen (secondary N) is 1. The molecule has 12 heavy (non-hydrogen) atoms. The number of terminal acetylenes is 1. The van der Waals surface area contributed by atoms with Gasteiger partial charge >= 0.3 is 0 Å². The van der Waals surface area contributed by atoms with E-state index >= 15 is 0 Å². The van der Waals surface area contributed by atoms with Crippen LogP contribution >= 0.6 is 0 Å². The molecule has 0 aliphatic rings. The van der Waals surface area contributed by atoms with Crippen molar-refractivity contribution in [2.24, 2.45) is 0 Å². The lowest BCUT2D eigenvalue weighted by atomic mass is 10.1. The molecule has 0 atom stereocenters. The first-order valence-electron chi connectivity index (χ1n) is 4.02. The van der Waals surface area contributed by atoms with Crippen molar-refractivity contribution >= 4 is 0 Å². The molecule has 0 bridgehead atoms. The average molecular weight is 159 g/mol. The molecule has 1 nitrogen and oxygen atoms in total. The highest BCUT2D eigenvalue weighted by molar-refractivity contribution is 5.21. The third kappa shape index (κ3) is 2.77. The van der Waals surface area contributed by atoms with Gasteiger partial charge in [-0.1, -0.05) is 35.7 Å². The van der Waals surface area contributed by atoms with Crippen molar-refractivity contribution in [1.82, 2.24) is 5.32 Å². The van der Waals surface area contributed by atoms with Crippen molar-refractivity contribution in [3.05, 3.63) is 35.4 Å². The molecule has 0 aromatic heterocycles. The predicted molar refractivity (Wildman–Crippen MR) is 51.7 cm³/mol. The maximum Gasteiger partial charge on any atom is 0.0576 e. The molecular weight excluding hydrogens is 146 g/mol. The Kier molecular flexibility index (Phi) is 3.37. The van der Waals surface area contributed by atoms with E-state index in [2.05, 4.69) is 42.4 Å². The lowest BCUT2D eigenvalue weighted by molar-refractivity contribution is 0.770. The predicted octanol–water partition coefficient (Wildman–Crippen LogP) is 1.72. The summed E-state index contributed by atoms with van der Waals surface area (Å²) in [7, 11) is 0. The van der Waals surface area contributed by atoms with E-state index in [1.165, 1.54) is 11.1 Å². The molecular formula is C11H13N. The van der Waals surface area contributed by atoms with Gasteiger partial charge in [-0.05, 0) is 12.5 Å². The Morgan fingerprint density at radius 1 is 1.33 bits per heavy atom. The Morgan fingerprint density at radius 3 is 2.58 bits per heavy atom. The fourth-order valence-corrected chi connectivity index (χ4v) is 0.985. The SMILES string of the molecule is C#CCNCc1ccc(C)cc1. The standard InChI is InChI=1S/C11H13N/c1-3-8-12-9-11-6-4-10(2)5-7-11/h1,4-7,12H,8-9H2,2H3. The van der Waals surface area contributed by atoms with Gasteiger partial charge in [0.1, 0.15) is 0 Å². The molecule has 62 valence electrons. The molecule has 1 N–H and O–H groups in total. The minimum Gasteiger partial charge on any atom is -0.302 e. The van der Waals surface area contributed by atoms with Crippen LogP contribution in [-0.2, 0) is 6.54 Å². The summed E-state index contributed by atoms with van der Waals surface area (Å²) in [5, 5.41) is 3.13. The molecule has 0 radical (unpaired) electrons. The maximum absolute atomic E-state index is 5.10. The van der Waals surface area contributed by atoms with E-state index in [1.54, 1.807) is 0 Å². The van der Waals surface area contributed by atoms with Crippen molar-refractivity contribution in [2.45, 2.75) is 13.5 Å². The van der Waals surface area contributed by atoms with E-state index < -0.39 is 0 Å². The zero-order valence-electron chi connectivity index (χ0n) is 7.30. The second-order valence-corrected chi connectivity index (χ2v) is 2.79. The maximum atomic E-state index is 5.10. The van der Waals surface area contributed by atoms with E-state index in [9.17, 15) is 0 Å². The number of aryl methyl sites for hydroxylation is 1. The van der Waals surface area contributed by atoms with Gasteiger partial charge in [0.15, 0.2) is 0 Å². The van der Waals surface area contributed by atoms with Crippen LogP contribution < -0.4 is 5.32 Å². The van der Waals surface area contributed by atoms with Gasteiger partial charge in [0.05, 0.1) is 6.54 Å². The summed E-state index contributed by atoms with van der Waals surface area (Å²) < 4.78 is 0. The van der Waals surface area contributed by atoms with Gasteiger partial charge in [0.25, 0.3) is 0 Å². The summed E-state index contributed by atoms with van der Waals surface area (Å²) in [4.78, 5) is 0. The molecule has 0 aliphatic heterocycles. The first-order valence-corrected chi connectivity index (χ1v) is 4.02. The fraction of sp³-hybridized carbons (Fsp3) is 0.273. The number of rotatable bonds is 3. The van der Waals surface area contributed by atoms with Gasteiger partial charge in [0, 0.05) is 6.54 Å². The van der Waals surface area contributed by atoms with E-state index in [1.807, 2.05) is 0 Å². The summed E-state index contributed by atoms with van der Waals surface area (Å²) >= 11 is 0. The van der Waals surface area contributed by atoms with Crippen molar-refractivity contribution < 1.29 is 0 Å². The zero-order chi connectivity index (χ0) is 8.81. The second-order valence-electron chi connectivity index (χ2n) is 2.79. The van der Waals surface area contributed by atoms with Crippen LogP contribution in [-0.4, -0.2) is 6.54 Å². The minimum absolute atomic E-state index is 0.633. The molecule has 0 aliphatic carbocycles. The third-order valence-corrected chi connectivity index (χ3v) is 1.68. The Morgan fingerprint density at radius 2 is 2.00 bits per heavy atom. The summed E-state index contributed by atoms with van der Waals surface area (Å²) in [6.07, 6.45) is 5.10. The van der Waals surface area contributed by atoms with Crippen LogP contribution in [0, 0.1) is 19.3 Å². The highest BCUT2D eigenvalue weighted by atomic mass is 14.8. The van der Waals surface area contributed by atoms with Crippen LogP contribution in [0.2, 0.25) is 0 Å². The minimum atomic E-state index is 0.633. The largest absolute Gasteiger partial charge is 0.302 e. The summed E-state index contributed by atoms with van der Waals surface area (Å²) in [5.41, 5.74) is 2.56. The Bertz CT molecular complexity index is 266. The summed E-state index contributed by atoms with van der Waals surface area (Å²) in [5.74, 6) is 2.54. The number of hydrogen-bond acceptors (Lipinski definition) is 1. The van der Waals surface area contributed by atoms with E-state index in [0.29, 0.717) is 6.54 Å². The van der Waals surface area contributed by atoms with Gasteiger partial charge in [0.2, 0.25) is 0 Å². The van der Waals surface area contributed by atoms with E-state index in [0.717, 1.165) is 6.54 Å². The Balaban J connectivity index is 2.43. The van der Waals surface area contributed by atoms with Crippen molar-refractivity contribution in [1.29, 1.82) is 0 Å². The van der Waals surface area contributed by atoms with Gasteiger partial charge in [-0.15, -0.1) is 6.42 Å². The van der Waals surface area contributed by atoms with Crippen LogP contribution in [0.3, 0.4) is 0 Å². The van der Waals surface area contributed by atoms with Crippen LogP contribution in [0.15, 0.2) is 24.3 Å². The molecule has 0 heterocycles. The normalized spacial score (nSPS) is 9.33. The molecule has 1 rings (SSSR count). The first-order chi connectivity index (χ1) is 5.83. The quantitative estimate of drug-likeness (QED) is 0.523. The molecule has 1 heteroatoms. The number of benzene rings is 1. The van der Waals surface area contributed by atoms with E-state index in [-0.39, 0.29) is 0 Å². The Labute approximate surface area is 73.8 Å². The van der Waals surface area contributed by atoms with E-state index in [4.69, 9.17) is 6.42 Å². The van der Waals surface area contributed by atoms with Crippen LogP contribution in [0.5, 0.6) is 0 Å². The monoisotopic (exact) mass is 159 g/mol. The molecule has 0 saturated carbocycles. The molecule has 0 saturated heterocycles. The third-order valence-electron chi connectivity index (χ3n) is 1.68. The van der Waals surface area contributed by atoms with Crippen LogP contribution in [0.4, 0.5) is 0 Å². The molecule has 0 amide bonds. The number of hydrogen-bond donors (Lipinski definition) is 1. The molecule has 1 aromatic rings. The molecule has 0 unspecified atom stereocenters. The lowest BCUT2D eigenvalue weighted by Gasteiger charge is -2.00. The summed E-state index contributed by atoms with van der Waals surface area (Å²) in [6, 6.07) is 8.43. The molecule has 0 spiro atoms. The molecule has 1 aromatic carbocycles. The lowest BCUT2D eigenvalue weighted by Crippen LogP contribution is -2.12. The smallest absolute Gasteiger partial charge is 0.0576 e. The van der Waals surface area contributed by atoms with Crippen LogP contribution in [0.1, 0.15) is 11.1 Å². The van der Waals surface area contributed by atoms with Crippen molar-refractivity contribution in [3.8, 4) is 12.3 Å². The highest BCUT2D eigenvalue weighted by Gasteiger charge is 1.89. The highest BCUT2D eigenvalue weighted by Crippen LogP contribution is 2.01. The Hall–Kier alpha value is -1.26. The second kappa shape index (κ2) is 4.58. The van der Waals surface area contributed by atoms with Crippen LogP contribution in [0.25, 0.3) is 0 Å². The summed E-state index contributed by atoms with van der Waals surface area (Å²) in [6.45, 7) is 3.57. The zero-order valence-corrected chi connectivity index (χ0v) is 7.30. The average Bonchev–Trinajstić information content (AvgIpc) is 2.09. The van der Waals surface area contributed by atoms with Gasteiger partial charge in [-0.3, -0.25) is 0 Å². The van der Waals surface area contributed by atoms with Crippen molar-refractivity contribution in [3.63, 3.8) is 0 Å². The molecule has 0 fully saturated rings. The first kappa shape index (κ1) is 8.83. The van der Waals surface area contributed by atoms with Crippen molar-refractivity contribution in [2.75, 3.05) is 6.54 Å². The van der Waals surface area contributed by atoms with Gasteiger partial charge in [-0.2, -0.15) is 0 Å². The fourth-order valence-electron chi connectivity index (χ4n) is 0.985.